The Labute approximate surface area is 181 Å². The van der Waals surface area contributed by atoms with E-state index in [0.717, 1.165) is 22.6 Å². The van der Waals surface area contributed by atoms with Gasteiger partial charge >= 0.3 is 6.03 Å². The fraction of sp³-hybridized carbons (Fsp3) is 0.208. The van der Waals surface area contributed by atoms with Crippen molar-refractivity contribution >= 4 is 17.6 Å². The average molecular weight is 418 g/mol. The topological polar surface area (TPSA) is 92.4 Å². The summed E-state index contributed by atoms with van der Waals surface area (Å²) in [5.41, 5.74) is 4.18. The summed E-state index contributed by atoms with van der Waals surface area (Å²) in [5.74, 6) is 0.605. The Morgan fingerprint density at radius 1 is 0.968 bits per heavy atom. The van der Waals surface area contributed by atoms with E-state index in [9.17, 15) is 9.59 Å². The Kier molecular flexibility index (Phi) is 7.59. The van der Waals surface area contributed by atoms with Crippen LogP contribution >= 0.6 is 0 Å². The number of ether oxygens (including phenoxy) is 1. The van der Waals surface area contributed by atoms with Crippen molar-refractivity contribution in [1.82, 2.24) is 15.6 Å². The van der Waals surface area contributed by atoms with Crippen LogP contribution in [0.3, 0.4) is 0 Å². The van der Waals surface area contributed by atoms with Crippen LogP contribution in [0.4, 0.5) is 10.5 Å². The number of benzene rings is 2. The standard InChI is InChI=1S/C24H26N4O3/c1-17-4-3-14-25-22(17)13-15-26-23(29)19-7-9-20(10-8-19)28-24(30)27-16-18-5-11-21(31-2)12-6-18/h3-12,14H,13,15-16H2,1-2H3,(H,26,29)(H2,27,28,30). The highest BCUT2D eigenvalue weighted by molar-refractivity contribution is 5.95. The van der Waals surface area contributed by atoms with Gasteiger partial charge in [-0.2, -0.15) is 0 Å². The molecule has 0 saturated heterocycles. The molecule has 3 rings (SSSR count). The zero-order valence-electron chi connectivity index (χ0n) is 17.6. The van der Waals surface area contributed by atoms with Crippen LogP contribution in [0, 0.1) is 6.92 Å². The fourth-order valence-electron chi connectivity index (χ4n) is 2.98. The number of aryl methyl sites for hydroxylation is 1. The molecular weight excluding hydrogens is 392 g/mol. The van der Waals surface area contributed by atoms with E-state index in [2.05, 4.69) is 20.9 Å². The lowest BCUT2D eigenvalue weighted by molar-refractivity contribution is 0.0954. The second-order valence-electron chi connectivity index (χ2n) is 7.01. The lowest BCUT2D eigenvalue weighted by Crippen LogP contribution is -2.28. The van der Waals surface area contributed by atoms with Crippen LogP contribution in [0.5, 0.6) is 5.75 Å². The Bertz CT molecular complexity index is 1020. The van der Waals surface area contributed by atoms with E-state index in [1.54, 1.807) is 37.6 Å². The molecule has 3 amide bonds. The molecule has 0 radical (unpaired) electrons. The molecule has 1 heterocycles. The molecule has 0 bridgehead atoms. The lowest BCUT2D eigenvalue weighted by Gasteiger charge is -2.10. The van der Waals surface area contributed by atoms with E-state index in [4.69, 9.17) is 4.74 Å². The van der Waals surface area contributed by atoms with E-state index in [0.29, 0.717) is 30.8 Å². The van der Waals surface area contributed by atoms with Crippen molar-refractivity contribution in [2.45, 2.75) is 19.9 Å². The normalized spacial score (nSPS) is 10.3. The molecule has 1 aromatic heterocycles. The number of nitrogens with one attached hydrogen (secondary N) is 3. The average Bonchev–Trinajstić information content (AvgIpc) is 2.79. The van der Waals surface area contributed by atoms with Crippen molar-refractivity contribution in [3.05, 3.63) is 89.2 Å². The largest absolute Gasteiger partial charge is 0.497 e. The molecule has 31 heavy (non-hydrogen) atoms. The quantitative estimate of drug-likeness (QED) is 0.520. The second-order valence-corrected chi connectivity index (χ2v) is 7.01. The van der Waals surface area contributed by atoms with Gasteiger partial charge in [0.25, 0.3) is 5.91 Å². The minimum atomic E-state index is -0.321. The van der Waals surface area contributed by atoms with Gasteiger partial charge in [0.15, 0.2) is 0 Å². The molecule has 0 fully saturated rings. The summed E-state index contributed by atoms with van der Waals surface area (Å²) in [6, 6.07) is 17.8. The van der Waals surface area contributed by atoms with Crippen LogP contribution < -0.4 is 20.7 Å². The number of anilines is 1. The summed E-state index contributed by atoms with van der Waals surface area (Å²) in [7, 11) is 1.61. The monoisotopic (exact) mass is 418 g/mol. The zero-order chi connectivity index (χ0) is 22.1. The number of methoxy groups -OCH3 is 1. The summed E-state index contributed by atoms with van der Waals surface area (Å²) in [6.45, 7) is 2.90. The van der Waals surface area contributed by atoms with Crippen LogP contribution in [0.1, 0.15) is 27.2 Å². The molecule has 0 aliphatic rings. The summed E-state index contributed by atoms with van der Waals surface area (Å²) < 4.78 is 5.12. The second kappa shape index (κ2) is 10.8. The number of pyridine rings is 1. The first-order valence-corrected chi connectivity index (χ1v) is 10.0. The Balaban J connectivity index is 1.43. The van der Waals surface area contributed by atoms with Crippen LogP contribution in [0.2, 0.25) is 0 Å². The first kappa shape index (κ1) is 21.8. The Hall–Kier alpha value is -3.87. The van der Waals surface area contributed by atoms with Crippen LogP contribution in [0.25, 0.3) is 0 Å². The van der Waals surface area contributed by atoms with Gasteiger partial charge in [0.05, 0.1) is 7.11 Å². The maximum atomic E-state index is 12.3. The summed E-state index contributed by atoms with van der Waals surface area (Å²) in [6.07, 6.45) is 2.43. The summed E-state index contributed by atoms with van der Waals surface area (Å²) >= 11 is 0. The highest BCUT2D eigenvalue weighted by atomic mass is 16.5. The van der Waals surface area contributed by atoms with Crippen LogP contribution in [-0.4, -0.2) is 30.6 Å². The summed E-state index contributed by atoms with van der Waals surface area (Å²) in [4.78, 5) is 28.7. The maximum Gasteiger partial charge on any atom is 0.319 e. The number of carbonyl (C=O) groups is 2. The predicted octanol–water partition coefficient (Wildman–Crippen LogP) is 3.69. The Morgan fingerprint density at radius 2 is 1.71 bits per heavy atom. The first-order valence-electron chi connectivity index (χ1n) is 10.0. The van der Waals surface area contributed by atoms with Crippen molar-refractivity contribution in [2.75, 3.05) is 19.0 Å². The van der Waals surface area contributed by atoms with Gasteiger partial charge in [0.2, 0.25) is 0 Å². The molecular formula is C24H26N4O3. The molecule has 0 unspecified atom stereocenters. The van der Waals surface area contributed by atoms with Gasteiger partial charge in [-0.15, -0.1) is 0 Å². The molecule has 0 spiro atoms. The number of hydrogen-bond acceptors (Lipinski definition) is 4. The molecule has 0 aliphatic heterocycles. The molecule has 7 nitrogen and oxygen atoms in total. The van der Waals surface area contributed by atoms with Gasteiger partial charge < -0.3 is 20.7 Å². The van der Waals surface area contributed by atoms with Crippen molar-refractivity contribution in [3.8, 4) is 5.75 Å². The molecule has 160 valence electrons. The zero-order valence-corrected chi connectivity index (χ0v) is 17.6. The molecule has 2 aromatic carbocycles. The minimum absolute atomic E-state index is 0.163. The number of amides is 3. The predicted molar refractivity (Wildman–Crippen MR) is 120 cm³/mol. The number of rotatable bonds is 8. The van der Waals surface area contributed by atoms with Crippen molar-refractivity contribution in [2.24, 2.45) is 0 Å². The highest BCUT2D eigenvalue weighted by Crippen LogP contribution is 2.12. The van der Waals surface area contributed by atoms with E-state index < -0.39 is 0 Å². The fourth-order valence-corrected chi connectivity index (χ4v) is 2.98. The highest BCUT2D eigenvalue weighted by Gasteiger charge is 2.07. The van der Waals surface area contributed by atoms with Crippen LogP contribution in [0.15, 0.2) is 66.9 Å². The summed E-state index contributed by atoms with van der Waals surface area (Å²) in [5, 5.41) is 8.45. The van der Waals surface area contributed by atoms with E-state index in [-0.39, 0.29) is 11.9 Å². The van der Waals surface area contributed by atoms with Crippen molar-refractivity contribution in [3.63, 3.8) is 0 Å². The van der Waals surface area contributed by atoms with E-state index in [1.165, 1.54) is 0 Å². The smallest absolute Gasteiger partial charge is 0.319 e. The molecule has 0 saturated carbocycles. The first-order chi connectivity index (χ1) is 15.0. The number of carbonyl (C=O) groups excluding carboxylic acids is 2. The van der Waals surface area contributed by atoms with Gasteiger partial charge in [-0.05, 0) is 60.5 Å². The maximum absolute atomic E-state index is 12.3. The van der Waals surface area contributed by atoms with Crippen LogP contribution in [-0.2, 0) is 13.0 Å². The van der Waals surface area contributed by atoms with Gasteiger partial charge in [-0.25, -0.2) is 4.79 Å². The number of urea groups is 1. The third-order valence-electron chi connectivity index (χ3n) is 4.78. The van der Waals surface area contributed by atoms with E-state index >= 15 is 0 Å². The molecule has 7 heteroatoms. The third-order valence-corrected chi connectivity index (χ3v) is 4.78. The van der Waals surface area contributed by atoms with Gasteiger partial charge in [-0.3, -0.25) is 9.78 Å². The van der Waals surface area contributed by atoms with Crippen molar-refractivity contribution < 1.29 is 14.3 Å². The molecule has 3 N–H and O–H groups in total. The van der Waals surface area contributed by atoms with E-state index in [1.807, 2.05) is 43.3 Å². The lowest BCUT2D eigenvalue weighted by atomic mass is 10.1. The Morgan fingerprint density at radius 3 is 2.39 bits per heavy atom. The molecule has 3 aromatic rings. The van der Waals surface area contributed by atoms with Gasteiger partial charge in [-0.1, -0.05) is 18.2 Å². The molecule has 0 aliphatic carbocycles. The van der Waals surface area contributed by atoms with Crippen molar-refractivity contribution in [1.29, 1.82) is 0 Å². The third kappa shape index (κ3) is 6.57. The van der Waals surface area contributed by atoms with Gasteiger partial charge in [0.1, 0.15) is 5.75 Å². The molecule has 0 atom stereocenters. The number of nitrogens with zero attached hydrogens (tertiary/aromatic N) is 1. The SMILES string of the molecule is COc1ccc(CNC(=O)Nc2ccc(C(=O)NCCc3ncccc3C)cc2)cc1. The minimum Gasteiger partial charge on any atom is -0.497 e. The van der Waals surface area contributed by atoms with Gasteiger partial charge in [0, 0.05) is 42.7 Å². The number of hydrogen-bond donors (Lipinski definition) is 3. The number of aromatic nitrogens is 1.